The summed E-state index contributed by atoms with van der Waals surface area (Å²) in [5, 5.41) is 0. The Morgan fingerprint density at radius 3 is 2.42 bits per heavy atom. The Morgan fingerprint density at radius 1 is 1.15 bits per heavy atom. The molecule has 0 spiro atoms. The normalized spacial score (nSPS) is 26.0. The van der Waals surface area contributed by atoms with E-state index in [0.29, 0.717) is 5.92 Å². The second-order valence-corrected chi connectivity index (χ2v) is 8.64. The first-order chi connectivity index (χ1) is 12.4. The summed E-state index contributed by atoms with van der Waals surface area (Å²) in [6.07, 6.45) is 2.54. The van der Waals surface area contributed by atoms with Crippen LogP contribution < -0.4 is 5.73 Å². The van der Waals surface area contributed by atoms with Gasteiger partial charge in [-0.2, -0.15) is 0 Å². The van der Waals surface area contributed by atoms with Gasteiger partial charge in [-0.3, -0.25) is 9.69 Å². The van der Waals surface area contributed by atoms with Gasteiger partial charge in [-0.05, 0) is 77.1 Å². The summed E-state index contributed by atoms with van der Waals surface area (Å²) in [6, 6.07) is 16.7. The van der Waals surface area contributed by atoms with Gasteiger partial charge in [0, 0.05) is 10.6 Å². The molecule has 0 aromatic heterocycles. The number of aliphatic imine (C=N–C) groups is 1. The second-order valence-electron chi connectivity index (χ2n) is 7.40. The zero-order valence-electron chi connectivity index (χ0n) is 14.9. The lowest BCUT2D eigenvalue weighted by atomic mass is 9.74. The van der Waals surface area contributed by atoms with Crippen LogP contribution in [-0.4, -0.2) is 23.8 Å². The third-order valence-electron chi connectivity index (χ3n) is 5.56. The van der Waals surface area contributed by atoms with Gasteiger partial charge in [-0.15, -0.1) is 0 Å². The van der Waals surface area contributed by atoms with Crippen LogP contribution in [0, 0.1) is 3.57 Å². The average Bonchev–Trinajstić information content (AvgIpc) is 3.46. The smallest absolute Gasteiger partial charge is 0.239 e. The Morgan fingerprint density at radius 2 is 1.81 bits per heavy atom. The lowest BCUT2D eigenvalue weighted by Gasteiger charge is -2.41. The molecule has 0 unspecified atom stereocenters. The number of benzene rings is 2. The second kappa shape index (κ2) is 6.37. The molecule has 1 fully saturated rings. The third-order valence-corrected chi connectivity index (χ3v) is 6.23. The number of carbonyl (C=O) groups is 1. The fourth-order valence-corrected chi connectivity index (χ4v) is 4.35. The highest BCUT2D eigenvalue weighted by Gasteiger charge is 2.47. The first-order valence-electron chi connectivity index (χ1n) is 8.89. The molecule has 0 saturated heterocycles. The van der Waals surface area contributed by atoms with Gasteiger partial charge in [-0.25, -0.2) is 4.99 Å². The van der Waals surface area contributed by atoms with Gasteiger partial charge in [0.2, 0.25) is 5.91 Å². The van der Waals surface area contributed by atoms with Crippen molar-refractivity contribution in [1.82, 2.24) is 4.90 Å². The molecule has 26 heavy (non-hydrogen) atoms. The molecule has 1 aliphatic heterocycles. The van der Waals surface area contributed by atoms with Crippen molar-refractivity contribution in [3.8, 4) is 0 Å². The number of nitrogens with two attached hydrogens (primary N) is 1. The van der Waals surface area contributed by atoms with E-state index in [-0.39, 0.29) is 11.9 Å². The summed E-state index contributed by atoms with van der Waals surface area (Å²) in [7, 11) is 1.70. The van der Waals surface area contributed by atoms with Crippen molar-refractivity contribution in [2.45, 2.75) is 37.1 Å². The zero-order chi connectivity index (χ0) is 18.5. The van der Waals surface area contributed by atoms with E-state index in [1.54, 1.807) is 7.05 Å². The Bertz CT molecular complexity index is 888. The van der Waals surface area contributed by atoms with Crippen molar-refractivity contribution in [2.24, 2.45) is 10.7 Å². The predicted molar refractivity (Wildman–Crippen MR) is 112 cm³/mol. The van der Waals surface area contributed by atoms with Crippen LogP contribution in [0.1, 0.15) is 48.3 Å². The molecule has 1 aliphatic carbocycles. The van der Waals surface area contributed by atoms with Gasteiger partial charge in [-0.1, -0.05) is 36.4 Å². The van der Waals surface area contributed by atoms with Crippen molar-refractivity contribution in [2.75, 3.05) is 7.05 Å². The number of hydrogen-bond acceptors (Lipinski definition) is 3. The standard InChI is InChI=1S/C21H22IN3O/c1-21(16-4-3-5-17(22)12-16)18(19(26)25(2)20(23)24-21)15-10-8-14(9-11-15)13-6-7-13/h3-5,8-13,18H,6-7H2,1-2H3,(H2,23,24)/t18-,21-/m1/s1. The van der Waals surface area contributed by atoms with E-state index in [0.717, 1.165) is 14.7 Å². The van der Waals surface area contributed by atoms with E-state index in [9.17, 15) is 4.79 Å². The SMILES string of the molecule is CN1C(=O)[C@@H](c2ccc(C3CC3)cc2)[C@@](C)(c2cccc(I)c2)N=C1N. The molecule has 2 N–H and O–H groups in total. The molecule has 134 valence electrons. The van der Waals surface area contributed by atoms with E-state index in [2.05, 4.69) is 52.9 Å². The number of likely N-dealkylation sites (N-methyl/N-ethyl adjacent to an activating group) is 1. The van der Waals surface area contributed by atoms with Gasteiger partial charge in [0.1, 0.15) is 5.54 Å². The van der Waals surface area contributed by atoms with Crippen LogP contribution in [0.4, 0.5) is 0 Å². The van der Waals surface area contributed by atoms with Crippen LogP contribution in [0.3, 0.4) is 0 Å². The first kappa shape index (κ1) is 17.5. The van der Waals surface area contributed by atoms with Crippen molar-refractivity contribution in [3.63, 3.8) is 0 Å². The largest absolute Gasteiger partial charge is 0.369 e. The Hall–Kier alpha value is -1.89. The minimum Gasteiger partial charge on any atom is -0.369 e. The van der Waals surface area contributed by atoms with Crippen molar-refractivity contribution < 1.29 is 4.79 Å². The Kier molecular flexibility index (Phi) is 4.29. The van der Waals surface area contributed by atoms with Gasteiger partial charge < -0.3 is 5.73 Å². The summed E-state index contributed by atoms with van der Waals surface area (Å²) in [6.45, 7) is 2.01. The van der Waals surface area contributed by atoms with Gasteiger partial charge in [0.15, 0.2) is 5.96 Å². The van der Waals surface area contributed by atoms with Crippen LogP contribution in [0.25, 0.3) is 0 Å². The first-order valence-corrected chi connectivity index (χ1v) is 9.97. The topological polar surface area (TPSA) is 58.7 Å². The predicted octanol–water partition coefficient (Wildman–Crippen LogP) is 3.95. The van der Waals surface area contributed by atoms with Crippen LogP contribution in [0.5, 0.6) is 0 Å². The molecule has 0 bridgehead atoms. The quantitative estimate of drug-likeness (QED) is 0.707. The number of hydrogen-bond donors (Lipinski definition) is 1. The highest BCUT2D eigenvalue weighted by molar-refractivity contribution is 14.1. The van der Waals surface area contributed by atoms with Crippen molar-refractivity contribution >= 4 is 34.5 Å². The molecule has 5 heteroatoms. The number of rotatable bonds is 3. The zero-order valence-corrected chi connectivity index (χ0v) is 17.1. The highest BCUT2D eigenvalue weighted by Crippen LogP contribution is 2.45. The molecule has 2 aromatic rings. The fourth-order valence-electron chi connectivity index (χ4n) is 3.80. The summed E-state index contributed by atoms with van der Waals surface area (Å²) in [5.74, 6) is 0.552. The molecule has 1 heterocycles. The molecular weight excluding hydrogens is 437 g/mol. The molecule has 4 nitrogen and oxygen atoms in total. The summed E-state index contributed by atoms with van der Waals surface area (Å²) in [5.41, 5.74) is 8.72. The highest BCUT2D eigenvalue weighted by atomic mass is 127. The minimum atomic E-state index is -0.726. The fraction of sp³-hybridized carbons (Fsp3) is 0.333. The average molecular weight is 459 g/mol. The summed E-state index contributed by atoms with van der Waals surface area (Å²) < 4.78 is 1.12. The molecule has 2 aliphatic rings. The number of halogens is 1. The maximum atomic E-state index is 13.2. The lowest BCUT2D eigenvalue weighted by molar-refractivity contribution is -0.130. The maximum absolute atomic E-state index is 13.2. The van der Waals surface area contributed by atoms with Gasteiger partial charge in [0.05, 0.1) is 5.92 Å². The lowest BCUT2D eigenvalue weighted by Crippen LogP contribution is -2.52. The Labute approximate surface area is 167 Å². The summed E-state index contributed by atoms with van der Waals surface area (Å²) >= 11 is 2.29. The number of amides is 1. The van der Waals surface area contributed by atoms with Gasteiger partial charge in [0.25, 0.3) is 0 Å². The maximum Gasteiger partial charge on any atom is 0.239 e. The van der Waals surface area contributed by atoms with Crippen LogP contribution >= 0.6 is 22.6 Å². The van der Waals surface area contributed by atoms with Crippen LogP contribution in [-0.2, 0) is 10.3 Å². The van der Waals surface area contributed by atoms with Crippen molar-refractivity contribution in [1.29, 1.82) is 0 Å². The van der Waals surface area contributed by atoms with Crippen LogP contribution in [0.2, 0.25) is 0 Å². The number of guanidine groups is 1. The van der Waals surface area contributed by atoms with E-state index in [1.165, 1.54) is 23.3 Å². The van der Waals surface area contributed by atoms with E-state index < -0.39 is 11.5 Å². The molecule has 4 rings (SSSR count). The number of carbonyl (C=O) groups excluding carboxylic acids is 1. The molecule has 0 radical (unpaired) electrons. The number of nitrogens with zero attached hydrogens (tertiary/aromatic N) is 2. The van der Waals surface area contributed by atoms with E-state index >= 15 is 0 Å². The molecule has 2 atom stereocenters. The van der Waals surface area contributed by atoms with E-state index in [1.807, 2.05) is 25.1 Å². The molecule has 2 aromatic carbocycles. The van der Waals surface area contributed by atoms with E-state index in [4.69, 9.17) is 10.7 Å². The molecule has 1 amide bonds. The van der Waals surface area contributed by atoms with Crippen molar-refractivity contribution in [3.05, 3.63) is 68.8 Å². The van der Waals surface area contributed by atoms with Gasteiger partial charge >= 0.3 is 0 Å². The minimum absolute atomic E-state index is 0.0157. The third kappa shape index (κ3) is 2.92. The molecular formula is C21H22IN3O. The molecule has 1 saturated carbocycles. The van der Waals surface area contributed by atoms with Crippen LogP contribution in [0.15, 0.2) is 53.5 Å². The summed E-state index contributed by atoms with van der Waals surface area (Å²) in [4.78, 5) is 19.5. The monoisotopic (exact) mass is 459 g/mol. The Balaban J connectivity index is 1.84.